The van der Waals surface area contributed by atoms with E-state index in [1.54, 1.807) is 32.0 Å². The summed E-state index contributed by atoms with van der Waals surface area (Å²) in [5.74, 6) is 0.266. The Hall–Kier alpha value is -0.770. The van der Waals surface area contributed by atoms with Gasteiger partial charge in [-0.15, -0.1) is 0 Å². The highest BCUT2D eigenvalue weighted by Crippen LogP contribution is 2.27. The number of hydrogen-bond donors (Lipinski definition) is 0. The Bertz CT molecular complexity index is 416. The van der Waals surface area contributed by atoms with Gasteiger partial charge in [-0.3, -0.25) is 4.79 Å². The number of Topliss-reactive ketones (excluding diaryl/α,β-unsaturated/α-hetero) is 1. The minimum atomic E-state index is -0.862. The van der Waals surface area contributed by atoms with E-state index in [1.165, 1.54) is 7.11 Å². The molecule has 0 fully saturated rings. The van der Waals surface area contributed by atoms with E-state index >= 15 is 0 Å². The lowest BCUT2D eigenvalue weighted by molar-refractivity contribution is -0.139. The molecule has 1 rings (SSSR count). The Labute approximate surface area is 111 Å². The van der Waals surface area contributed by atoms with Crippen LogP contribution in [0.5, 0.6) is 5.75 Å². The van der Waals surface area contributed by atoms with Gasteiger partial charge >= 0.3 is 0 Å². The third-order valence-corrected chi connectivity index (χ3v) is 2.96. The van der Waals surface area contributed by atoms with Gasteiger partial charge in [0.2, 0.25) is 5.78 Å². The van der Waals surface area contributed by atoms with Crippen molar-refractivity contribution in [1.82, 2.24) is 0 Å². The number of hydrogen-bond acceptors (Lipinski definition) is 3. The lowest BCUT2D eigenvalue weighted by Gasteiger charge is -2.21. The quantitative estimate of drug-likeness (QED) is 0.827. The molecule has 0 aromatic heterocycles. The summed E-state index contributed by atoms with van der Waals surface area (Å²) in [5.41, 5.74) is -0.862. The van der Waals surface area contributed by atoms with Crippen molar-refractivity contribution in [3.8, 4) is 5.75 Å². The fourth-order valence-corrected chi connectivity index (χ4v) is 1.49. The van der Waals surface area contributed by atoms with E-state index in [1.807, 2.05) is 0 Å². The second kappa shape index (κ2) is 5.71. The minimum Gasteiger partial charge on any atom is -0.484 e. The summed E-state index contributed by atoms with van der Waals surface area (Å²) in [6, 6.07) is 4.83. The summed E-state index contributed by atoms with van der Waals surface area (Å²) in [6.45, 7) is 3.27. The summed E-state index contributed by atoms with van der Waals surface area (Å²) in [5, 5.41) is 0.895. The smallest absolute Gasteiger partial charge is 0.201 e. The van der Waals surface area contributed by atoms with E-state index in [2.05, 4.69) is 0 Å². The Kier molecular flexibility index (Phi) is 4.80. The van der Waals surface area contributed by atoms with Crippen LogP contribution < -0.4 is 4.74 Å². The normalized spacial score (nSPS) is 11.4. The Morgan fingerprint density at radius 3 is 2.53 bits per heavy atom. The number of methoxy groups -OCH3 is 1. The van der Waals surface area contributed by atoms with Crippen LogP contribution in [0.2, 0.25) is 10.0 Å². The Balaban J connectivity index is 2.65. The minimum absolute atomic E-state index is 0.0950. The fourth-order valence-electron chi connectivity index (χ4n) is 1.02. The van der Waals surface area contributed by atoms with Gasteiger partial charge in [0, 0.05) is 12.1 Å². The second-order valence-corrected chi connectivity index (χ2v) is 4.84. The zero-order valence-electron chi connectivity index (χ0n) is 9.92. The SMILES string of the molecule is COC(C)(C)C(=O)COc1ccc(Cl)cc1Cl. The highest BCUT2D eigenvalue weighted by molar-refractivity contribution is 6.35. The number of carbonyl (C=O) groups excluding carboxylic acids is 1. The van der Waals surface area contributed by atoms with E-state index in [9.17, 15) is 4.79 Å². The van der Waals surface area contributed by atoms with Gasteiger partial charge in [0.15, 0.2) is 0 Å². The standard InChI is InChI=1S/C12H14Cl2O3/c1-12(2,16-3)11(15)7-17-10-5-4-8(13)6-9(10)14/h4-6H,7H2,1-3H3. The molecule has 17 heavy (non-hydrogen) atoms. The monoisotopic (exact) mass is 276 g/mol. The van der Waals surface area contributed by atoms with E-state index in [4.69, 9.17) is 32.7 Å². The topological polar surface area (TPSA) is 35.5 Å². The number of ether oxygens (including phenoxy) is 2. The highest BCUT2D eigenvalue weighted by atomic mass is 35.5. The van der Waals surface area contributed by atoms with Gasteiger partial charge in [-0.1, -0.05) is 23.2 Å². The molecule has 0 aliphatic rings. The van der Waals surface area contributed by atoms with Crippen molar-refractivity contribution in [1.29, 1.82) is 0 Å². The molecule has 94 valence electrons. The Morgan fingerprint density at radius 2 is 2.00 bits per heavy atom. The van der Waals surface area contributed by atoms with Gasteiger partial charge in [0.05, 0.1) is 5.02 Å². The van der Waals surface area contributed by atoms with Crippen molar-refractivity contribution in [3.05, 3.63) is 28.2 Å². The summed E-state index contributed by atoms with van der Waals surface area (Å²) in [7, 11) is 1.48. The molecule has 0 saturated heterocycles. The van der Waals surface area contributed by atoms with Crippen LogP contribution >= 0.6 is 23.2 Å². The highest BCUT2D eigenvalue weighted by Gasteiger charge is 2.27. The van der Waals surface area contributed by atoms with Gasteiger partial charge in [-0.05, 0) is 32.0 Å². The van der Waals surface area contributed by atoms with Crippen LogP contribution in [0.25, 0.3) is 0 Å². The maximum atomic E-state index is 11.7. The maximum absolute atomic E-state index is 11.7. The second-order valence-electron chi connectivity index (χ2n) is 4.00. The third kappa shape index (κ3) is 3.87. The van der Waals surface area contributed by atoms with Crippen LogP contribution in [-0.4, -0.2) is 25.1 Å². The maximum Gasteiger partial charge on any atom is 0.201 e. The fraction of sp³-hybridized carbons (Fsp3) is 0.417. The van der Waals surface area contributed by atoms with E-state index in [0.29, 0.717) is 15.8 Å². The molecule has 0 spiro atoms. The predicted octanol–water partition coefficient (Wildman–Crippen LogP) is 3.37. The van der Waals surface area contributed by atoms with Crippen LogP contribution in [-0.2, 0) is 9.53 Å². The molecule has 0 bridgehead atoms. The zero-order valence-corrected chi connectivity index (χ0v) is 11.4. The first-order valence-corrected chi connectivity index (χ1v) is 5.78. The lowest BCUT2D eigenvalue weighted by atomic mass is 10.0. The molecule has 0 N–H and O–H groups in total. The summed E-state index contributed by atoms with van der Waals surface area (Å²) >= 11 is 11.7. The molecular weight excluding hydrogens is 263 g/mol. The average Bonchev–Trinajstić information content (AvgIpc) is 2.27. The first kappa shape index (κ1) is 14.3. The molecule has 0 aliphatic heterocycles. The number of halogens is 2. The van der Waals surface area contributed by atoms with Crippen molar-refractivity contribution in [3.63, 3.8) is 0 Å². The third-order valence-electron chi connectivity index (χ3n) is 2.43. The van der Waals surface area contributed by atoms with Gasteiger partial charge < -0.3 is 9.47 Å². The number of rotatable bonds is 5. The molecular formula is C12H14Cl2O3. The van der Waals surface area contributed by atoms with Crippen molar-refractivity contribution < 1.29 is 14.3 Å². The molecule has 0 atom stereocenters. The molecule has 0 saturated carbocycles. The number of carbonyl (C=O) groups is 1. The molecule has 0 radical (unpaired) electrons. The molecule has 1 aromatic rings. The van der Waals surface area contributed by atoms with Crippen LogP contribution in [0.4, 0.5) is 0 Å². The van der Waals surface area contributed by atoms with E-state index in [-0.39, 0.29) is 12.4 Å². The Morgan fingerprint density at radius 1 is 1.35 bits per heavy atom. The van der Waals surface area contributed by atoms with Crippen LogP contribution in [0.1, 0.15) is 13.8 Å². The van der Waals surface area contributed by atoms with Gasteiger partial charge in [0.1, 0.15) is 18.0 Å². The number of ketones is 1. The average molecular weight is 277 g/mol. The van der Waals surface area contributed by atoms with Crippen molar-refractivity contribution >= 4 is 29.0 Å². The van der Waals surface area contributed by atoms with Crippen molar-refractivity contribution in [2.75, 3.05) is 13.7 Å². The van der Waals surface area contributed by atoms with Crippen LogP contribution in [0.3, 0.4) is 0 Å². The van der Waals surface area contributed by atoms with Gasteiger partial charge in [0.25, 0.3) is 0 Å². The first-order valence-electron chi connectivity index (χ1n) is 5.03. The predicted molar refractivity (Wildman–Crippen MR) is 68.1 cm³/mol. The van der Waals surface area contributed by atoms with Crippen LogP contribution in [0.15, 0.2) is 18.2 Å². The van der Waals surface area contributed by atoms with Gasteiger partial charge in [-0.25, -0.2) is 0 Å². The summed E-state index contributed by atoms with van der Waals surface area (Å²) in [4.78, 5) is 11.7. The first-order chi connectivity index (χ1) is 7.86. The van der Waals surface area contributed by atoms with E-state index < -0.39 is 5.60 Å². The number of benzene rings is 1. The molecule has 5 heteroatoms. The lowest BCUT2D eigenvalue weighted by Crippen LogP contribution is -2.37. The molecule has 0 unspecified atom stereocenters. The van der Waals surface area contributed by atoms with Crippen LogP contribution in [0, 0.1) is 0 Å². The largest absolute Gasteiger partial charge is 0.484 e. The molecule has 3 nitrogen and oxygen atoms in total. The molecule has 0 aliphatic carbocycles. The summed E-state index contributed by atoms with van der Waals surface area (Å²) in [6.07, 6.45) is 0. The van der Waals surface area contributed by atoms with E-state index in [0.717, 1.165) is 0 Å². The van der Waals surface area contributed by atoms with Crippen molar-refractivity contribution in [2.24, 2.45) is 0 Å². The zero-order chi connectivity index (χ0) is 13.1. The molecule has 0 amide bonds. The van der Waals surface area contributed by atoms with Crippen molar-refractivity contribution in [2.45, 2.75) is 19.4 Å². The molecule has 1 aromatic carbocycles. The van der Waals surface area contributed by atoms with Gasteiger partial charge in [-0.2, -0.15) is 0 Å². The molecule has 0 heterocycles. The summed E-state index contributed by atoms with van der Waals surface area (Å²) < 4.78 is 10.4.